The first kappa shape index (κ1) is 23.5. The van der Waals surface area contributed by atoms with Crippen LogP contribution >= 0.6 is 11.6 Å². The smallest absolute Gasteiger partial charge is 0.330 e. The number of halogens is 1. The number of amides is 3. The van der Waals surface area contributed by atoms with Gasteiger partial charge >= 0.3 is 5.97 Å². The molecule has 1 aliphatic heterocycles. The third-order valence-electron chi connectivity index (χ3n) is 7.64. The van der Waals surface area contributed by atoms with E-state index in [-0.39, 0.29) is 41.9 Å². The fourth-order valence-electron chi connectivity index (χ4n) is 6.00. The fourth-order valence-corrected chi connectivity index (χ4v) is 6.18. The molecule has 3 aliphatic rings. The second kappa shape index (κ2) is 9.46. The average molecular weight is 495 g/mol. The van der Waals surface area contributed by atoms with Crippen LogP contribution in [0.4, 0.5) is 5.69 Å². The number of carbonyl (C=O) groups is 4. The van der Waals surface area contributed by atoms with E-state index < -0.39 is 24.5 Å². The van der Waals surface area contributed by atoms with Crippen LogP contribution in [0.2, 0.25) is 5.02 Å². The normalized spacial score (nSPS) is 25.5. The zero-order chi connectivity index (χ0) is 24.7. The maximum absolute atomic E-state index is 13.4. The van der Waals surface area contributed by atoms with Gasteiger partial charge in [-0.05, 0) is 61.3 Å². The Hall–Kier alpha value is -3.19. The van der Waals surface area contributed by atoms with Gasteiger partial charge in [-0.3, -0.25) is 19.3 Å². The Bertz CT molecular complexity index is 1160. The van der Waals surface area contributed by atoms with E-state index in [9.17, 15) is 19.2 Å². The highest BCUT2D eigenvalue weighted by atomic mass is 35.5. The summed E-state index contributed by atoms with van der Waals surface area (Å²) in [5.74, 6) is -2.08. The highest BCUT2D eigenvalue weighted by Gasteiger charge is 2.62. The van der Waals surface area contributed by atoms with E-state index in [0.717, 1.165) is 35.3 Å². The maximum Gasteiger partial charge on any atom is 0.330 e. The first-order valence-electron chi connectivity index (χ1n) is 12.0. The van der Waals surface area contributed by atoms with Gasteiger partial charge in [0.05, 0.1) is 11.8 Å². The number of rotatable bonds is 7. The van der Waals surface area contributed by atoms with Gasteiger partial charge in [0.15, 0.2) is 6.61 Å². The summed E-state index contributed by atoms with van der Waals surface area (Å²) in [4.78, 5) is 53.6. The summed E-state index contributed by atoms with van der Waals surface area (Å²) >= 11 is 6.01. The van der Waals surface area contributed by atoms with Crippen LogP contribution in [-0.4, -0.2) is 41.2 Å². The molecule has 0 radical (unpaired) electrons. The zero-order valence-corrected chi connectivity index (χ0v) is 20.2. The molecule has 0 aromatic heterocycles. The van der Waals surface area contributed by atoms with Crippen LogP contribution in [0, 0.1) is 30.6 Å². The van der Waals surface area contributed by atoms with E-state index in [1.807, 2.05) is 37.3 Å². The summed E-state index contributed by atoms with van der Waals surface area (Å²) in [6, 6.07) is 13.2. The average Bonchev–Trinajstić information content (AvgIpc) is 3.53. The van der Waals surface area contributed by atoms with Crippen molar-refractivity contribution >= 4 is 41.0 Å². The summed E-state index contributed by atoms with van der Waals surface area (Å²) in [5, 5.41) is 3.16. The lowest BCUT2D eigenvalue weighted by molar-refractivity contribution is -0.160. The van der Waals surface area contributed by atoms with E-state index in [2.05, 4.69) is 5.32 Å². The molecule has 5 atom stereocenters. The number of ether oxygens (including phenoxy) is 1. The van der Waals surface area contributed by atoms with Gasteiger partial charge in [0.25, 0.3) is 5.91 Å². The number of hydrogen-bond acceptors (Lipinski definition) is 5. The van der Waals surface area contributed by atoms with Gasteiger partial charge < -0.3 is 10.1 Å². The molecule has 1 heterocycles. The molecular weight excluding hydrogens is 468 g/mol. The largest absolute Gasteiger partial charge is 0.454 e. The fraction of sp³-hybridized carbons (Fsp3) is 0.407. The van der Waals surface area contributed by atoms with Gasteiger partial charge in [-0.1, -0.05) is 48.0 Å². The molecule has 2 aliphatic carbocycles. The Morgan fingerprint density at radius 3 is 2.37 bits per heavy atom. The van der Waals surface area contributed by atoms with Crippen molar-refractivity contribution in [2.24, 2.45) is 23.7 Å². The molecule has 1 N–H and O–H groups in total. The Labute approximate surface area is 208 Å². The second-order valence-electron chi connectivity index (χ2n) is 9.75. The standard InChI is InChI=1S/C27H27ClN2O5/c1-15-7-10-19(28)13-20(15)29-22(31)14-35-27(34)21(11-16-5-3-2-4-6-16)30-25(32)23-17-8-9-18(12-17)24(23)26(30)33/h2-7,10,13,17-18,21,23-24H,8-9,11-12,14H2,1H3,(H,29,31)/t17-,18-,21-,23-,24-/m0/s1. The van der Waals surface area contributed by atoms with Gasteiger partial charge in [0, 0.05) is 17.1 Å². The van der Waals surface area contributed by atoms with Crippen molar-refractivity contribution in [3.05, 3.63) is 64.7 Å². The minimum atomic E-state index is -1.11. The molecule has 0 spiro atoms. The lowest BCUT2D eigenvalue weighted by atomic mass is 9.81. The van der Waals surface area contributed by atoms with Gasteiger partial charge in [-0.25, -0.2) is 4.79 Å². The van der Waals surface area contributed by atoms with Gasteiger partial charge in [-0.15, -0.1) is 0 Å². The quantitative estimate of drug-likeness (QED) is 0.467. The van der Waals surface area contributed by atoms with Crippen LogP contribution in [0.25, 0.3) is 0 Å². The number of likely N-dealkylation sites (tertiary alicyclic amines) is 1. The number of imide groups is 1. The van der Waals surface area contributed by atoms with Crippen molar-refractivity contribution < 1.29 is 23.9 Å². The van der Waals surface area contributed by atoms with Crippen molar-refractivity contribution in [3.63, 3.8) is 0 Å². The van der Waals surface area contributed by atoms with Crippen molar-refractivity contribution in [1.82, 2.24) is 4.90 Å². The number of hydrogen-bond donors (Lipinski definition) is 1. The molecule has 2 aromatic carbocycles. The third-order valence-corrected chi connectivity index (χ3v) is 7.87. The van der Waals surface area contributed by atoms with E-state index in [1.54, 1.807) is 18.2 Å². The number of carbonyl (C=O) groups excluding carboxylic acids is 4. The van der Waals surface area contributed by atoms with Gasteiger partial charge in [0.1, 0.15) is 6.04 Å². The molecule has 182 valence electrons. The summed E-state index contributed by atoms with van der Waals surface area (Å²) in [7, 11) is 0. The van der Waals surface area contributed by atoms with E-state index in [4.69, 9.17) is 16.3 Å². The third kappa shape index (κ3) is 4.45. The van der Waals surface area contributed by atoms with Crippen LogP contribution in [0.1, 0.15) is 30.4 Å². The number of fused-ring (bicyclic) bond motifs is 5. The predicted octanol–water partition coefficient (Wildman–Crippen LogP) is 3.77. The maximum atomic E-state index is 13.4. The second-order valence-corrected chi connectivity index (χ2v) is 10.2. The Morgan fingerprint density at radius 2 is 1.71 bits per heavy atom. The summed E-state index contributed by atoms with van der Waals surface area (Å²) < 4.78 is 5.35. The number of esters is 1. The zero-order valence-electron chi connectivity index (χ0n) is 19.4. The topological polar surface area (TPSA) is 92.8 Å². The summed E-state index contributed by atoms with van der Waals surface area (Å²) in [6.45, 7) is 1.28. The molecule has 5 rings (SSSR count). The SMILES string of the molecule is Cc1ccc(Cl)cc1NC(=O)COC(=O)[C@H](Cc1ccccc1)N1C(=O)[C@H]2[C@H]3CC[C@@H](C3)[C@@H]2C1=O. The van der Waals surface area contributed by atoms with Crippen LogP contribution in [0.5, 0.6) is 0 Å². The number of anilines is 1. The number of benzene rings is 2. The van der Waals surface area contributed by atoms with Crippen molar-refractivity contribution in [2.75, 3.05) is 11.9 Å². The molecule has 1 saturated heterocycles. The molecule has 3 fully saturated rings. The molecule has 3 amide bonds. The lowest BCUT2D eigenvalue weighted by Gasteiger charge is -2.26. The van der Waals surface area contributed by atoms with Gasteiger partial charge in [-0.2, -0.15) is 0 Å². The highest BCUT2D eigenvalue weighted by Crippen LogP contribution is 2.56. The first-order valence-corrected chi connectivity index (χ1v) is 12.3. The molecule has 8 heteroatoms. The van der Waals surface area contributed by atoms with Crippen LogP contribution < -0.4 is 5.32 Å². The van der Waals surface area contributed by atoms with Crippen molar-refractivity contribution in [1.29, 1.82) is 0 Å². The van der Waals surface area contributed by atoms with E-state index in [0.29, 0.717) is 10.7 Å². The van der Waals surface area contributed by atoms with E-state index >= 15 is 0 Å². The lowest BCUT2D eigenvalue weighted by Crippen LogP contribution is -2.48. The highest BCUT2D eigenvalue weighted by molar-refractivity contribution is 6.31. The summed E-state index contributed by atoms with van der Waals surface area (Å²) in [5.41, 5.74) is 2.13. The molecule has 2 bridgehead atoms. The Kier molecular flexibility index (Phi) is 6.36. The number of nitrogens with zero attached hydrogens (tertiary/aromatic N) is 1. The summed E-state index contributed by atoms with van der Waals surface area (Å²) in [6.07, 6.45) is 2.96. The van der Waals surface area contributed by atoms with Crippen LogP contribution in [0.3, 0.4) is 0 Å². The monoisotopic (exact) mass is 494 g/mol. The number of nitrogens with one attached hydrogen (secondary N) is 1. The molecule has 35 heavy (non-hydrogen) atoms. The molecule has 0 unspecified atom stereocenters. The molecule has 2 aromatic rings. The Balaban J connectivity index is 1.32. The van der Waals surface area contributed by atoms with Crippen molar-refractivity contribution in [3.8, 4) is 0 Å². The van der Waals surface area contributed by atoms with Crippen LogP contribution in [0.15, 0.2) is 48.5 Å². The Morgan fingerprint density at radius 1 is 1.06 bits per heavy atom. The molecule has 7 nitrogen and oxygen atoms in total. The van der Waals surface area contributed by atoms with Crippen LogP contribution in [-0.2, 0) is 30.3 Å². The van der Waals surface area contributed by atoms with Gasteiger partial charge in [0.2, 0.25) is 11.8 Å². The minimum Gasteiger partial charge on any atom is -0.454 e. The molecule has 2 saturated carbocycles. The predicted molar refractivity (Wildman–Crippen MR) is 129 cm³/mol. The van der Waals surface area contributed by atoms with Crippen molar-refractivity contribution in [2.45, 2.75) is 38.6 Å². The molecular formula is C27H27ClN2O5. The number of aryl methyl sites for hydroxylation is 1. The minimum absolute atomic E-state index is 0.140. The first-order chi connectivity index (χ1) is 16.8. The van der Waals surface area contributed by atoms with E-state index in [1.165, 1.54) is 0 Å².